The van der Waals surface area contributed by atoms with Crippen LogP contribution >= 0.6 is 11.6 Å². The number of hydrogen-bond acceptors (Lipinski definition) is 6. The molecule has 0 atom stereocenters. The van der Waals surface area contributed by atoms with Crippen LogP contribution in [0.15, 0.2) is 54.1 Å². The smallest absolute Gasteiger partial charge is 0.180 e. The van der Waals surface area contributed by atoms with Gasteiger partial charge in [0.1, 0.15) is 0 Å². The molecule has 8 nitrogen and oxygen atoms in total. The fourth-order valence-corrected chi connectivity index (χ4v) is 3.67. The lowest BCUT2D eigenvalue weighted by Crippen LogP contribution is -2.01. The van der Waals surface area contributed by atoms with E-state index in [0.29, 0.717) is 17.2 Å². The molecule has 3 aromatic heterocycles. The van der Waals surface area contributed by atoms with E-state index in [9.17, 15) is 8.42 Å². The molecule has 0 bridgehead atoms. The second kappa shape index (κ2) is 6.36. The van der Waals surface area contributed by atoms with Gasteiger partial charge in [-0.2, -0.15) is 5.10 Å². The second-order valence-corrected chi connectivity index (χ2v) is 8.48. The highest BCUT2D eigenvalue weighted by molar-refractivity contribution is 7.90. The van der Waals surface area contributed by atoms with E-state index in [1.807, 2.05) is 23.8 Å². The monoisotopic (exact) mass is 402 g/mol. The molecule has 0 fully saturated rings. The summed E-state index contributed by atoms with van der Waals surface area (Å²) < 4.78 is 26.9. The van der Waals surface area contributed by atoms with Crippen LogP contribution in [0.2, 0.25) is 5.02 Å². The third-order valence-corrected chi connectivity index (χ3v) is 5.47. The van der Waals surface area contributed by atoms with Gasteiger partial charge < -0.3 is 5.32 Å². The first-order chi connectivity index (χ1) is 12.8. The average molecular weight is 403 g/mol. The molecule has 0 radical (unpaired) electrons. The van der Waals surface area contributed by atoms with Gasteiger partial charge in [0.2, 0.25) is 0 Å². The molecule has 4 rings (SSSR count). The van der Waals surface area contributed by atoms with Crippen LogP contribution in [0.4, 0.5) is 11.5 Å². The lowest BCUT2D eigenvalue weighted by Gasteiger charge is -2.10. The van der Waals surface area contributed by atoms with Gasteiger partial charge in [-0.25, -0.2) is 18.4 Å². The zero-order valence-electron chi connectivity index (χ0n) is 14.5. The fourth-order valence-electron chi connectivity index (χ4n) is 2.73. The maximum atomic E-state index is 11.7. The van der Waals surface area contributed by atoms with Gasteiger partial charge in [0, 0.05) is 37.5 Å². The minimum Gasteiger partial charge on any atom is -0.336 e. The predicted octanol–water partition coefficient (Wildman–Crippen LogP) is 2.93. The van der Waals surface area contributed by atoms with Crippen molar-refractivity contribution in [3.05, 3.63) is 54.2 Å². The van der Waals surface area contributed by atoms with Gasteiger partial charge in [-0.05, 0) is 18.2 Å². The number of sulfone groups is 1. The summed E-state index contributed by atoms with van der Waals surface area (Å²) in [6.07, 6.45) is 10.0. The molecule has 10 heteroatoms. The number of rotatable bonds is 4. The van der Waals surface area contributed by atoms with E-state index in [0.717, 1.165) is 17.5 Å². The molecule has 138 valence electrons. The van der Waals surface area contributed by atoms with Crippen LogP contribution in [0.3, 0.4) is 0 Å². The molecule has 0 aliphatic rings. The summed E-state index contributed by atoms with van der Waals surface area (Å²) >= 11 is 6.25. The van der Waals surface area contributed by atoms with Gasteiger partial charge in [0.05, 0.1) is 33.7 Å². The summed E-state index contributed by atoms with van der Waals surface area (Å²) in [5, 5.41) is 7.59. The number of aromatic nitrogens is 5. The third kappa shape index (κ3) is 3.26. The Hall–Kier alpha value is -2.91. The summed E-state index contributed by atoms with van der Waals surface area (Å²) in [5.41, 5.74) is 2.95. The van der Waals surface area contributed by atoms with Crippen molar-refractivity contribution in [1.82, 2.24) is 24.1 Å². The summed E-state index contributed by atoms with van der Waals surface area (Å²) in [6, 6.07) is 4.51. The maximum Gasteiger partial charge on any atom is 0.180 e. The molecule has 1 N–H and O–H groups in total. The summed E-state index contributed by atoms with van der Waals surface area (Å²) in [4.78, 5) is 8.94. The third-order valence-electron chi connectivity index (χ3n) is 4.05. The molecule has 0 aliphatic heterocycles. The molecule has 3 heterocycles. The number of benzene rings is 1. The average Bonchev–Trinajstić information content (AvgIpc) is 3.22. The zero-order valence-corrected chi connectivity index (χ0v) is 16.0. The molecule has 1 aromatic carbocycles. The SMILES string of the molecule is Cn1cc(-c2cnc3c(Nc4ccc(S(C)(=O)=O)cc4Cl)nccn23)cn1. The summed E-state index contributed by atoms with van der Waals surface area (Å²) in [5.74, 6) is 0.502. The topological polar surface area (TPSA) is 94.2 Å². The van der Waals surface area contributed by atoms with Crippen molar-refractivity contribution in [2.24, 2.45) is 7.05 Å². The number of fused-ring (bicyclic) bond motifs is 1. The molecule has 4 aromatic rings. The van der Waals surface area contributed by atoms with Crippen molar-refractivity contribution < 1.29 is 8.42 Å². The first-order valence-corrected chi connectivity index (χ1v) is 10.2. The standard InChI is InChI=1S/C17H15ClN6O2S/c1-23-10-11(8-21-23)15-9-20-17-16(19-5-6-24(15)17)22-14-4-3-12(7-13(14)18)27(2,25)26/h3-10H,1-2H3,(H,19,22). The molecular formula is C17H15ClN6O2S. The van der Waals surface area contributed by atoms with Gasteiger partial charge in [0.25, 0.3) is 0 Å². The van der Waals surface area contributed by atoms with E-state index in [-0.39, 0.29) is 9.92 Å². The zero-order chi connectivity index (χ0) is 19.2. The van der Waals surface area contributed by atoms with Gasteiger partial charge in [0.15, 0.2) is 21.3 Å². The van der Waals surface area contributed by atoms with Crippen LogP contribution in [0, 0.1) is 0 Å². The highest BCUT2D eigenvalue weighted by Gasteiger charge is 2.14. The van der Waals surface area contributed by atoms with Crippen molar-refractivity contribution in [3.63, 3.8) is 0 Å². The van der Waals surface area contributed by atoms with Gasteiger partial charge in [-0.3, -0.25) is 9.08 Å². The minimum absolute atomic E-state index is 0.156. The van der Waals surface area contributed by atoms with Crippen molar-refractivity contribution >= 4 is 38.6 Å². The van der Waals surface area contributed by atoms with Crippen molar-refractivity contribution in [2.75, 3.05) is 11.6 Å². The van der Waals surface area contributed by atoms with E-state index in [2.05, 4.69) is 20.4 Å². The number of anilines is 2. The van der Waals surface area contributed by atoms with Crippen LogP contribution in [0.25, 0.3) is 16.9 Å². The van der Waals surface area contributed by atoms with E-state index in [4.69, 9.17) is 11.6 Å². The Labute approximate surface area is 160 Å². The summed E-state index contributed by atoms with van der Waals surface area (Å²) in [6.45, 7) is 0. The number of aryl methyl sites for hydroxylation is 1. The minimum atomic E-state index is -3.33. The second-order valence-electron chi connectivity index (χ2n) is 6.05. The lowest BCUT2D eigenvalue weighted by molar-refractivity contribution is 0.602. The van der Waals surface area contributed by atoms with E-state index < -0.39 is 9.84 Å². The van der Waals surface area contributed by atoms with Crippen molar-refractivity contribution in [3.8, 4) is 11.3 Å². The molecule has 0 spiro atoms. The fraction of sp³-hybridized carbons (Fsp3) is 0.118. The Kier molecular flexibility index (Phi) is 4.12. The largest absolute Gasteiger partial charge is 0.336 e. The lowest BCUT2D eigenvalue weighted by atomic mass is 10.3. The first-order valence-electron chi connectivity index (χ1n) is 7.90. The van der Waals surface area contributed by atoms with Gasteiger partial charge in [-0.15, -0.1) is 0 Å². The number of halogens is 1. The van der Waals surface area contributed by atoms with Crippen LogP contribution in [-0.2, 0) is 16.9 Å². The number of nitrogens with zero attached hydrogens (tertiary/aromatic N) is 5. The Bertz CT molecular complexity index is 1260. The Morgan fingerprint density at radius 1 is 1.19 bits per heavy atom. The van der Waals surface area contributed by atoms with Crippen molar-refractivity contribution in [2.45, 2.75) is 4.90 Å². The van der Waals surface area contributed by atoms with E-state index in [1.54, 1.807) is 29.3 Å². The molecule has 0 unspecified atom stereocenters. The molecule has 0 aliphatic carbocycles. The predicted molar refractivity (Wildman–Crippen MR) is 103 cm³/mol. The Balaban J connectivity index is 1.74. The number of hydrogen-bond donors (Lipinski definition) is 1. The van der Waals surface area contributed by atoms with Gasteiger partial charge >= 0.3 is 0 Å². The van der Waals surface area contributed by atoms with E-state index >= 15 is 0 Å². The number of nitrogens with one attached hydrogen (secondary N) is 1. The molecular weight excluding hydrogens is 388 g/mol. The Morgan fingerprint density at radius 2 is 2.00 bits per heavy atom. The quantitative estimate of drug-likeness (QED) is 0.564. The van der Waals surface area contributed by atoms with Crippen molar-refractivity contribution in [1.29, 1.82) is 0 Å². The molecule has 0 amide bonds. The van der Waals surface area contributed by atoms with E-state index in [1.165, 1.54) is 12.1 Å². The van der Waals surface area contributed by atoms with Crippen LogP contribution in [0.5, 0.6) is 0 Å². The highest BCUT2D eigenvalue weighted by Crippen LogP contribution is 2.30. The summed E-state index contributed by atoms with van der Waals surface area (Å²) in [7, 11) is -1.48. The molecule has 27 heavy (non-hydrogen) atoms. The normalized spacial score (nSPS) is 11.8. The van der Waals surface area contributed by atoms with Crippen LogP contribution < -0.4 is 5.32 Å². The Morgan fingerprint density at radius 3 is 2.67 bits per heavy atom. The number of imidazole rings is 1. The molecule has 0 saturated heterocycles. The van der Waals surface area contributed by atoms with Crippen LogP contribution in [-0.4, -0.2) is 38.8 Å². The molecule has 0 saturated carbocycles. The highest BCUT2D eigenvalue weighted by atomic mass is 35.5. The van der Waals surface area contributed by atoms with Gasteiger partial charge in [-0.1, -0.05) is 11.6 Å². The maximum absolute atomic E-state index is 11.7. The van der Waals surface area contributed by atoms with Crippen LogP contribution in [0.1, 0.15) is 0 Å². The first kappa shape index (κ1) is 17.5.